The molecule has 10 heteroatoms. The molecule has 2 atom stereocenters. The van der Waals surface area contributed by atoms with Crippen molar-refractivity contribution in [2.24, 2.45) is 11.8 Å². The Kier molecular flexibility index (Phi) is 7.00. The molecule has 0 amide bonds. The van der Waals surface area contributed by atoms with Gasteiger partial charge in [0.15, 0.2) is 12.4 Å². The number of nitrogens with zero attached hydrogens (tertiary/aromatic N) is 3. The zero-order valence-corrected chi connectivity index (χ0v) is 19.3. The van der Waals surface area contributed by atoms with Crippen molar-refractivity contribution in [3.8, 4) is 5.75 Å². The minimum atomic E-state index is -3.84. The fraction of sp³-hybridized carbons (Fsp3) is 0.571. The van der Waals surface area contributed by atoms with Gasteiger partial charge in [-0.25, -0.2) is 13.2 Å². The molecule has 0 saturated carbocycles. The molecular formula is C21H29N3O6S. The summed E-state index contributed by atoms with van der Waals surface area (Å²) in [6.07, 6.45) is 0.976. The van der Waals surface area contributed by atoms with Gasteiger partial charge in [0.1, 0.15) is 10.6 Å². The largest absolute Gasteiger partial charge is 0.495 e. The Morgan fingerprint density at radius 3 is 2.52 bits per heavy atom. The lowest BCUT2D eigenvalue weighted by Crippen LogP contribution is -2.42. The van der Waals surface area contributed by atoms with E-state index in [0.717, 1.165) is 6.42 Å². The summed E-state index contributed by atoms with van der Waals surface area (Å²) < 4.78 is 43.7. The van der Waals surface area contributed by atoms with Gasteiger partial charge in [-0.05, 0) is 36.5 Å². The van der Waals surface area contributed by atoms with Crippen LogP contribution in [0.3, 0.4) is 0 Å². The molecule has 2 aromatic rings. The summed E-state index contributed by atoms with van der Waals surface area (Å²) in [6, 6.07) is 4.23. The number of ether oxygens (including phenoxy) is 2. The second kappa shape index (κ2) is 9.35. The van der Waals surface area contributed by atoms with E-state index >= 15 is 0 Å². The normalized spacial score (nSPS) is 20.1. The van der Waals surface area contributed by atoms with Gasteiger partial charge >= 0.3 is 5.97 Å². The van der Waals surface area contributed by atoms with E-state index < -0.39 is 16.0 Å². The van der Waals surface area contributed by atoms with Gasteiger partial charge in [-0.3, -0.25) is 0 Å². The molecule has 170 valence electrons. The molecule has 0 bridgehead atoms. The topological polar surface area (TPSA) is 112 Å². The van der Waals surface area contributed by atoms with Gasteiger partial charge in [-0.2, -0.15) is 9.29 Å². The summed E-state index contributed by atoms with van der Waals surface area (Å²) in [5.41, 5.74) is 0.0982. The van der Waals surface area contributed by atoms with E-state index in [1.807, 2.05) is 27.7 Å². The molecule has 31 heavy (non-hydrogen) atoms. The minimum absolute atomic E-state index is 0.0503. The third-order valence-electron chi connectivity index (χ3n) is 5.18. The van der Waals surface area contributed by atoms with Gasteiger partial charge in [0.05, 0.1) is 12.7 Å². The van der Waals surface area contributed by atoms with Crippen LogP contribution >= 0.6 is 0 Å². The monoisotopic (exact) mass is 451 g/mol. The lowest BCUT2D eigenvalue weighted by molar-refractivity contribution is 0.0429. The number of carbonyl (C=O) groups excluding carboxylic acids is 1. The van der Waals surface area contributed by atoms with Crippen LogP contribution in [0.2, 0.25) is 0 Å². The van der Waals surface area contributed by atoms with Crippen molar-refractivity contribution in [3.63, 3.8) is 0 Å². The SMILES string of the molecule is COc1ccc(C(=O)OCc2nc(C(C)C)no2)cc1S(=O)(=O)N1CC(C)CC(C)C1. The fourth-order valence-electron chi connectivity index (χ4n) is 3.72. The highest BCUT2D eigenvalue weighted by atomic mass is 32.2. The predicted molar refractivity (Wildman–Crippen MR) is 112 cm³/mol. The third-order valence-corrected chi connectivity index (χ3v) is 7.03. The highest BCUT2D eigenvalue weighted by Gasteiger charge is 2.34. The summed E-state index contributed by atoms with van der Waals surface area (Å²) in [5.74, 6) is 0.779. The quantitative estimate of drug-likeness (QED) is 0.590. The maximum Gasteiger partial charge on any atom is 0.338 e. The van der Waals surface area contributed by atoms with Crippen LogP contribution in [0.25, 0.3) is 0 Å². The summed E-state index contributed by atoms with van der Waals surface area (Å²) in [5, 5.41) is 3.82. The van der Waals surface area contributed by atoms with E-state index in [9.17, 15) is 13.2 Å². The van der Waals surface area contributed by atoms with Gasteiger partial charge in [-0.15, -0.1) is 0 Å². The summed E-state index contributed by atoms with van der Waals surface area (Å²) in [6.45, 7) is 8.57. The van der Waals surface area contributed by atoms with E-state index in [4.69, 9.17) is 14.0 Å². The van der Waals surface area contributed by atoms with Gasteiger partial charge in [0, 0.05) is 19.0 Å². The Morgan fingerprint density at radius 2 is 1.94 bits per heavy atom. The Labute approximate surface area is 182 Å². The van der Waals surface area contributed by atoms with Gasteiger partial charge < -0.3 is 14.0 Å². The summed E-state index contributed by atoms with van der Waals surface area (Å²) in [4.78, 5) is 16.7. The number of piperidine rings is 1. The van der Waals surface area contributed by atoms with Crippen LogP contribution in [-0.2, 0) is 21.4 Å². The Bertz CT molecular complexity index is 1020. The van der Waals surface area contributed by atoms with Crippen LogP contribution in [0.5, 0.6) is 5.75 Å². The number of methoxy groups -OCH3 is 1. The van der Waals surface area contributed by atoms with Crippen molar-refractivity contribution >= 4 is 16.0 Å². The average Bonchev–Trinajstić information content (AvgIpc) is 3.20. The predicted octanol–water partition coefficient (Wildman–Crippen LogP) is 3.23. The number of rotatable bonds is 7. The summed E-state index contributed by atoms with van der Waals surface area (Å²) in [7, 11) is -2.44. The molecule has 0 aliphatic carbocycles. The first-order chi connectivity index (χ1) is 14.6. The van der Waals surface area contributed by atoms with Crippen LogP contribution in [0.15, 0.2) is 27.6 Å². The van der Waals surface area contributed by atoms with Gasteiger partial charge in [0.2, 0.25) is 10.0 Å². The number of hydrogen-bond donors (Lipinski definition) is 0. The highest BCUT2D eigenvalue weighted by Crippen LogP contribution is 2.32. The van der Waals surface area contributed by atoms with Crippen LogP contribution in [0, 0.1) is 11.8 Å². The number of carbonyl (C=O) groups is 1. The smallest absolute Gasteiger partial charge is 0.338 e. The molecule has 1 aliphatic rings. The highest BCUT2D eigenvalue weighted by molar-refractivity contribution is 7.89. The van der Waals surface area contributed by atoms with Crippen molar-refractivity contribution in [2.75, 3.05) is 20.2 Å². The number of sulfonamides is 1. The number of esters is 1. The minimum Gasteiger partial charge on any atom is -0.495 e. The van der Waals surface area contributed by atoms with Crippen LogP contribution in [-0.4, -0.2) is 49.0 Å². The molecule has 2 heterocycles. The zero-order chi connectivity index (χ0) is 22.8. The fourth-order valence-corrected chi connectivity index (χ4v) is 5.58. The van der Waals surface area contributed by atoms with Crippen molar-refractivity contribution in [1.82, 2.24) is 14.4 Å². The molecule has 1 aliphatic heterocycles. The maximum absolute atomic E-state index is 13.3. The molecule has 0 radical (unpaired) electrons. The molecule has 3 rings (SSSR count). The maximum atomic E-state index is 13.3. The Balaban J connectivity index is 1.81. The second-order valence-electron chi connectivity index (χ2n) is 8.41. The molecule has 9 nitrogen and oxygen atoms in total. The van der Waals surface area contributed by atoms with Crippen molar-refractivity contribution < 1.29 is 27.2 Å². The van der Waals surface area contributed by atoms with Crippen molar-refractivity contribution in [1.29, 1.82) is 0 Å². The summed E-state index contributed by atoms with van der Waals surface area (Å²) >= 11 is 0. The first-order valence-electron chi connectivity index (χ1n) is 10.3. The molecule has 1 saturated heterocycles. The van der Waals surface area contributed by atoms with E-state index in [0.29, 0.717) is 18.9 Å². The third kappa shape index (κ3) is 5.24. The van der Waals surface area contributed by atoms with E-state index in [2.05, 4.69) is 10.1 Å². The number of hydrogen-bond acceptors (Lipinski definition) is 8. The molecule has 1 fully saturated rings. The molecule has 2 unspecified atom stereocenters. The lowest BCUT2D eigenvalue weighted by Gasteiger charge is -2.34. The molecule has 0 N–H and O–H groups in total. The Hall–Kier alpha value is -2.46. The Morgan fingerprint density at radius 1 is 1.26 bits per heavy atom. The molecule has 1 aromatic carbocycles. The van der Waals surface area contributed by atoms with E-state index in [-0.39, 0.29) is 46.5 Å². The molecular weight excluding hydrogens is 422 g/mol. The number of aromatic nitrogens is 2. The average molecular weight is 452 g/mol. The zero-order valence-electron chi connectivity index (χ0n) is 18.5. The van der Waals surface area contributed by atoms with Crippen LogP contribution < -0.4 is 4.74 Å². The molecule has 1 aromatic heterocycles. The standard InChI is InChI=1S/C21H29N3O6S/c1-13(2)20-22-19(30-23-20)12-29-21(25)16-6-7-17(28-5)18(9-16)31(26,27)24-10-14(3)8-15(4)11-24/h6-7,9,13-15H,8,10-12H2,1-5H3. The van der Waals surface area contributed by atoms with Crippen LogP contribution in [0.4, 0.5) is 0 Å². The van der Waals surface area contributed by atoms with Gasteiger partial charge in [-0.1, -0.05) is 32.9 Å². The number of benzene rings is 1. The first-order valence-corrected chi connectivity index (χ1v) is 11.7. The first kappa shape index (κ1) is 23.2. The van der Waals surface area contributed by atoms with E-state index in [1.165, 1.54) is 29.6 Å². The van der Waals surface area contributed by atoms with E-state index in [1.54, 1.807) is 0 Å². The van der Waals surface area contributed by atoms with Gasteiger partial charge in [0.25, 0.3) is 5.89 Å². The van der Waals surface area contributed by atoms with Crippen molar-refractivity contribution in [3.05, 3.63) is 35.5 Å². The van der Waals surface area contributed by atoms with Crippen LogP contribution in [0.1, 0.15) is 62.1 Å². The molecule has 0 spiro atoms. The lowest BCUT2D eigenvalue weighted by atomic mass is 9.94. The van der Waals surface area contributed by atoms with Crippen molar-refractivity contribution in [2.45, 2.75) is 51.5 Å². The second-order valence-corrected chi connectivity index (χ2v) is 10.3.